The quantitative estimate of drug-likeness (QED) is 0.542. The average molecular weight is 467 g/mol. The zero-order valence-corrected chi connectivity index (χ0v) is 19.1. The Hall–Kier alpha value is -3.21. The molecule has 0 radical (unpaired) electrons. The molecule has 5 rings (SSSR count). The van der Waals surface area contributed by atoms with Crippen molar-refractivity contribution in [1.82, 2.24) is 29.7 Å². The molecule has 4 heterocycles. The van der Waals surface area contributed by atoms with Gasteiger partial charge in [-0.3, -0.25) is 4.90 Å². The van der Waals surface area contributed by atoms with Crippen molar-refractivity contribution in [2.45, 2.75) is 18.9 Å². The normalized spacial score (nSPS) is 19.0. The molecular formula is C24H30N6O4. The second-order valence-corrected chi connectivity index (χ2v) is 8.60. The number of piperazine rings is 1. The summed E-state index contributed by atoms with van der Waals surface area (Å²) in [4.78, 5) is 21.1. The van der Waals surface area contributed by atoms with Gasteiger partial charge in [-0.05, 0) is 30.5 Å². The van der Waals surface area contributed by atoms with Crippen LogP contribution in [0.15, 0.2) is 42.7 Å². The van der Waals surface area contributed by atoms with E-state index in [1.165, 1.54) is 0 Å². The fraction of sp³-hybridized carbons (Fsp3) is 0.458. The van der Waals surface area contributed by atoms with E-state index in [2.05, 4.69) is 20.3 Å². The largest absolute Gasteiger partial charge is 0.476 e. The summed E-state index contributed by atoms with van der Waals surface area (Å²) in [6.45, 7) is 6.12. The van der Waals surface area contributed by atoms with E-state index in [1.807, 2.05) is 24.4 Å². The lowest BCUT2D eigenvalue weighted by Crippen LogP contribution is -2.44. The molecule has 1 aromatic carbocycles. The highest BCUT2D eigenvalue weighted by Gasteiger charge is 2.29. The number of amides is 1. The fourth-order valence-electron chi connectivity index (χ4n) is 4.48. The minimum Gasteiger partial charge on any atom is -0.476 e. The van der Waals surface area contributed by atoms with Gasteiger partial charge in [0.2, 0.25) is 5.88 Å². The maximum absolute atomic E-state index is 12.4. The predicted octanol–water partition coefficient (Wildman–Crippen LogP) is 1.64. The maximum atomic E-state index is 12.4. The first-order valence-electron chi connectivity index (χ1n) is 11.8. The van der Waals surface area contributed by atoms with Crippen molar-refractivity contribution in [3.63, 3.8) is 0 Å². The van der Waals surface area contributed by atoms with Gasteiger partial charge in [-0.1, -0.05) is 12.1 Å². The first-order valence-corrected chi connectivity index (χ1v) is 11.8. The number of benzene rings is 1. The second kappa shape index (κ2) is 10.4. The van der Waals surface area contributed by atoms with Gasteiger partial charge in [-0.2, -0.15) is 10.1 Å². The molecule has 180 valence electrons. The molecule has 10 nitrogen and oxygen atoms in total. The molecule has 2 saturated heterocycles. The molecule has 2 fully saturated rings. The van der Waals surface area contributed by atoms with Crippen LogP contribution in [-0.2, 0) is 0 Å². The molecule has 3 aromatic rings. The third-order valence-electron chi connectivity index (χ3n) is 6.40. The standard InChI is InChI=1S/C24H30N6O4/c31-17-19-2-1-10-29(19)24(32)34-20-5-3-18(4-6-20)21-16-26-30-11-7-22(27-23(21)30)33-15-14-28-12-8-25-9-13-28/h3-7,11,16,19,25,31H,1-2,8-10,12-15,17H2. The van der Waals surface area contributed by atoms with Gasteiger partial charge in [0.05, 0.1) is 18.8 Å². The highest BCUT2D eigenvalue weighted by Crippen LogP contribution is 2.27. The number of likely N-dealkylation sites (tertiary alicyclic amines) is 1. The van der Waals surface area contributed by atoms with Gasteiger partial charge in [-0.25, -0.2) is 9.31 Å². The monoisotopic (exact) mass is 466 g/mol. The molecule has 34 heavy (non-hydrogen) atoms. The number of aliphatic hydroxyl groups is 1. The molecule has 0 bridgehead atoms. The lowest BCUT2D eigenvalue weighted by Gasteiger charge is -2.26. The van der Waals surface area contributed by atoms with Crippen LogP contribution < -0.4 is 14.8 Å². The van der Waals surface area contributed by atoms with Crippen LogP contribution in [0.4, 0.5) is 4.79 Å². The SMILES string of the molecule is O=C(Oc1ccc(-c2cnn3ccc(OCCN4CCNCC4)nc23)cc1)N1CCCC1CO. The topological polar surface area (TPSA) is 104 Å². The van der Waals surface area contributed by atoms with E-state index in [4.69, 9.17) is 9.47 Å². The number of aliphatic hydroxyl groups excluding tert-OH is 1. The van der Waals surface area contributed by atoms with Crippen LogP contribution in [0.5, 0.6) is 11.6 Å². The number of ether oxygens (including phenoxy) is 2. The summed E-state index contributed by atoms with van der Waals surface area (Å²) in [7, 11) is 0. The number of nitrogens with one attached hydrogen (secondary N) is 1. The molecule has 0 saturated carbocycles. The first kappa shape index (κ1) is 22.6. The highest BCUT2D eigenvalue weighted by molar-refractivity contribution is 5.78. The van der Waals surface area contributed by atoms with Crippen LogP contribution in [0.1, 0.15) is 12.8 Å². The average Bonchev–Trinajstić information content (AvgIpc) is 3.52. The molecule has 0 spiro atoms. The molecule has 2 N–H and O–H groups in total. The second-order valence-electron chi connectivity index (χ2n) is 8.60. The van der Waals surface area contributed by atoms with Crippen LogP contribution in [0.3, 0.4) is 0 Å². The van der Waals surface area contributed by atoms with E-state index >= 15 is 0 Å². The Kier molecular flexibility index (Phi) is 6.89. The Bertz CT molecular complexity index is 1110. The number of aromatic nitrogens is 3. The summed E-state index contributed by atoms with van der Waals surface area (Å²) in [5, 5.41) is 17.2. The molecule has 1 amide bonds. The Morgan fingerprint density at radius 3 is 2.76 bits per heavy atom. The number of carbonyl (C=O) groups excluding carboxylic acids is 1. The molecule has 10 heteroatoms. The zero-order valence-electron chi connectivity index (χ0n) is 19.1. The molecular weight excluding hydrogens is 436 g/mol. The first-order chi connectivity index (χ1) is 16.7. The van der Waals surface area contributed by atoms with Crippen molar-refractivity contribution in [1.29, 1.82) is 0 Å². The summed E-state index contributed by atoms with van der Waals surface area (Å²) < 4.78 is 13.1. The van der Waals surface area contributed by atoms with E-state index in [0.29, 0.717) is 30.4 Å². The van der Waals surface area contributed by atoms with Crippen molar-refractivity contribution in [3.8, 4) is 22.8 Å². The van der Waals surface area contributed by atoms with E-state index < -0.39 is 6.09 Å². The molecule has 2 aromatic heterocycles. The van der Waals surface area contributed by atoms with Crippen LogP contribution >= 0.6 is 0 Å². The fourth-order valence-corrected chi connectivity index (χ4v) is 4.48. The third kappa shape index (κ3) is 4.98. The Morgan fingerprint density at radius 2 is 1.97 bits per heavy atom. The van der Waals surface area contributed by atoms with Gasteiger partial charge in [0.25, 0.3) is 0 Å². The van der Waals surface area contributed by atoms with Crippen molar-refractivity contribution >= 4 is 11.7 Å². The zero-order chi connectivity index (χ0) is 23.3. The van der Waals surface area contributed by atoms with E-state index in [-0.39, 0.29) is 12.6 Å². The molecule has 1 atom stereocenters. The molecule has 0 aliphatic carbocycles. The van der Waals surface area contributed by atoms with Crippen molar-refractivity contribution < 1.29 is 19.4 Å². The summed E-state index contributed by atoms with van der Waals surface area (Å²) in [5.74, 6) is 1.03. The van der Waals surface area contributed by atoms with Crippen LogP contribution in [0, 0.1) is 0 Å². The Morgan fingerprint density at radius 1 is 1.15 bits per heavy atom. The summed E-state index contributed by atoms with van der Waals surface area (Å²) in [6.07, 6.45) is 4.86. The number of hydrogen-bond acceptors (Lipinski definition) is 8. The molecule has 1 unspecified atom stereocenters. The van der Waals surface area contributed by atoms with Gasteiger partial charge in [0.15, 0.2) is 5.65 Å². The van der Waals surface area contributed by atoms with Crippen molar-refractivity contribution in [2.75, 3.05) is 52.5 Å². The number of rotatable bonds is 7. The lowest BCUT2D eigenvalue weighted by molar-refractivity contribution is 0.124. The lowest BCUT2D eigenvalue weighted by atomic mass is 10.1. The van der Waals surface area contributed by atoms with E-state index in [0.717, 1.165) is 56.7 Å². The minimum absolute atomic E-state index is 0.0444. The number of fused-ring (bicyclic) bond motifs is 1. The van der Waals surface area contributed by atoms with Gasteiger partial charge in [0.1, 0.15) is 12.4 Å². The van der Waals surface area contributed by atoms with Gasteiger partial charge in [0, 0.05) is 57.1 Å². The number of hydrogen-bond donors (Lipinski definition) is 2. The van der Waals surface area contributed by atoms with E-state index in [1.54, 1.807) is 27.7 Å². The van der Waals surface area contributed by atoms with Crippen LogP contribution in [0.25, 0.3) is 16.8 Å². The van der Waals surface area contributed by atoms with E-state index in [9.17, 15) is 9.90 Å². The van der Waals surface area contributed by atoms with Crippen LogP contribution in [0.2, 0.25) is 0 Å². The highest BCUT2D eigenvalue weighted by atomic mass is 16.6. The maximum Gasteiger partial charge on any atom is 0.415 e. The molecule has 2 aliphatic heterocycles. The van der Waals surface area contributed by atoms with Crippen molar-refractivity contribution in [2.24, 2.45) is 0 Å². The summed E-state index contributed by atoms with van der Waals surface area (Å²) >= 11 is 0. The smallest absolute Gasteiger partial charge is 0.415 e. The summed E-state index contributed by atoms with van der Waals surface area (Å²) in [5.41, 5.74) is 2.48. The number of carbonyl (C=O) groups is 1. The predicted molar refractivity (Wildman–Crippen MR) is 126 cm³/mol. The van der Waals surface area contributed by atoms with Gasteiger partial charge < -0.3 is 24.8 Å². The van der Waals surface area contributed by atoms with Crippen LogP contribution in [-0.4, -0.2) is 94.1 Å². The van der Waals surface area contributed by atoms with Gasteiger partial charge >= 0.3 is 6.09 Å². The van der Waals surface area contributed by atoms with Crippen molar-refractivity contribution in [3.05, 3.63) is 42.7 Å². The molecule has 2 aliphatic rings. The van der Waals surface area contributed by atoms with Gasteiger partial charge in [-0.15, -0.1) is 0 Å². The Labute approximate surface area is 198 Å². The number of nitrogens with zero attached hydrogens (tertiary/aromatic N) is 5. The summed E-state index contributed by atoms with van der Waals surface area (Å²) in [6, 6.07) is 8.94. The third-order valence-corrected chi connectivity index (χ3v) is 6.40. The minimum atomic E-state index is -0.426. The Balaban J connectivity index is 1.24.